The molecule has 2 aromatic carbocycles. The summed E-state index contributed by atoms with van der Waals surface area (Å²) in [7, 11) is -4.78. The Kier molecular flexibility index (Phi) is 6.99. The van der Waals surface area contributed by atoms with Crippen molar-refractivity contribution in [1.82, 2.24) is 9.44 Å². The van der Waals surface area contributed by atoms with Gasteiger partial charge in [-0.25, -0.2) is 26.3 Å². The van der Waals surface area contributed by atoms with Gasteiger partial charge in [-0.1, -0.05) is 12.8 Å². The maximum absolute atomic E-state index is 12.9. The summed E-state index contributed by atoms with van der Waals surface area (Å²) in [6.07, 6.45) is 3.50. The van der Waals surface area contributed by atoms with Crippen molar-refractivity contribution in [3.63, 3.8) is 0 Å². The lowest BCUT2D eigenvalue weighted by Gasteiger charge is -2.16. The molecular weight excluding hydrogens is 442 g/mol. The van der Waals surface area contributed by atoms with Crippen LogP contribution in [0.5, 0.6) is 5.75 Å². The van der Waals surface area contributed by atoms with Crippen LogP contribution in [0.4, 0.5) is 5.69 Å². The highest BCUT2D eigenvalue weighted by atomic mass is 32.2. The third kappa shape index (κ3) is 5.42. The molecule has 1 aliphatic rings. The quantitative estimate of drug-likeness (QED) is 0.545. The van der Waals surface area contributed by atoms with E-state index in [2.05, 4.69) is 14.8 Å². The first-order valence-electron chi connectivity index (χ1n) is 9.71. The number of hydrogen-bond donors (Lipinski definition) is 3. The maximum Gasteiger partial charge on any atom is 0.255 e. The fourth-order valence-corrected chi connectivity index (χ4v) is 5.62. The van der Waals surface area contributed by atoms with Gasteiger partial charge in [0.1, 0.15) is 10.6 Å². The zero-order chi connectivity index (χ0) is 22.6. The molecule has 0 unspecified atom stereocenters. The van der Waals surface area contributed by atoms with Gasteiger partial charge < -0.3 is 10.1 Å². The lowest BCUT2D eigenvalue weighted by molar-refractivity contribution is 0.102. The molecule has 0 aromatic heterocycles. The van der Waals surface area contributed by atoms with E-state index in [4.69, 9.17) is 4.74 Å². The lowest BCUT2D eigenvalue weighted by atomic mass is 10.2. The smallest absolute Gasteiger partial charge is 0.255 e. The molecule has 1 aliphatic carbocycles. The highest BCUT2D eigenvalue weighted by Crippen LogP contribution is 2.27. The van der Waals surface area contributed by atoms with E-state index in [-0.39, 0.29) is 27.1 Å². The summed E-state index contributed by atoms with van der Waals surface area (Å²) in [6, 6.07) is 9.65. The average molecular weight is 468 g/mol. The summed E-state index contributed by atoms with van der Waals surface area (Å²) in [4.78, 5) is 12.6. The standard InChI is InChI=1S/C20H25N3O6S2/c1-21-30(25,26)17-10-8-15(9-11-17)22-20(24)14-7-12-18(29-2)19(13-14)31(27,28)23-16-5-3-4-6-16/h7-13,16,21,23H,3-6H2,1-2H3,(H,22,24). The van der Waals surface area contributed by atoms with Gasteiger partial charge in [0.2, 0.25) is 20.0 Å². The number of rotatable bonds is 8. The molecule has 0 radical (unpaired) electrons. The Morgan fingerprint density at radius 1 is 0.968 bits per heavy atom. The first-order chi connectivity index (χ1) is 14.7. The van der Waals surface area contributed by atoms with Crippen LogP contribution in [0.3, 0.4) is 0 Å². The number of nitrogens with one attached hydrogen (secondary N) is 3. The number of amides is 1. The number of sulfonamides is 2. The van der Waals surface area contributed by atoms with E-state index in [9.17, 15) is 21.6 Å². The van der Waals surface area contributed by atoms with Gasteiger partial charge >= 0.3 is 0 Å². The van der Waals surface area contributed by atoms with Gasteiger partial charge in [0.15, 0.2) is 0 Å². The Morgan fingerprint density at radius 2 is 1.61 bits per heavy atom. The van der Waals surface area contributed by atoms with Crippen molar-refractivity contribution in [3.8, 4) is 5.75 Å². The summed E-state index contributed by atoms with van der Waals surface area (Å²) in [5.41, 5.74) is 0.490. The van der Waals surface area contributed by atoms with Gasteiger partial charge in [0.25, 0.3) is 5.91 Å². The van der Waals surface area contributed by atoms with Crippen molar-refractivity contribution in [2.24, 2.45) is 0 Å². The highest BCUT2D eigenvalue weighted by molar-refractivity contribution is 7.89. The summed E-state index contributed by atoms with van der Waals surface area (Å²) in [5, 5.41) is 2.63. The summed E-state index contributed by atoms with van der Waals surface area (Å²) in [6.45, 7) is 0. The zero-order valence-corrected chi connectivity index (χ0v) is 18.8. The average Bonchev–Trinajstić information content (AvgIpc) is 3.26. The predicted molar refractivity (Wildman–Crippen MR) is 116 cm³/mol. The van der Waals surface area contributed by atoms with Crippen LogP contribution in [-0.2, 0) is 20.0 Å². The van der Waals surface area contributed by atoms with Crippen LogP contribution in [0.1, 0.15) is 36.0 Å². The van der Waals surface area contributed by atoms with Crippen molar-refractivity contribution >= 4 is 31.6 Å². The molecule has 2 aromatic rings. The van der Waals surface area contributed by atoms with Crippen molar-refractivity contribution in [2.75, 3.05) is 19.5 Å². The number of methoxy groups -OCH3 is 1. The molecule has 3 rings (SSSR count). The minimum Gasteiger partial charge on any atom is -0.495 e. The fraction of sp³-hybridized carbons (Fsp3) is 0.350. The molecule has 0 aliphatic heterocycles. The maximum atomic E-state index is 12.9. The van der Waals surface area contributed by atoms with Crippen LogP contribution >= 0.6 is 0 Å². The Bertz CT molecular complexity index is 1160. The minimum atomic E-state index is -3.87. The molecule has 1 fully saturated rings. The van der Waals surface area contributed by atoms with Crippen molar-refractivity contribution in [2.45, 2.75) is 41.5 Å². The second-order valence-corrected chi connectivity index (χ2v) is 10.7. The molecule has 0 atom stereocenters. The Balaban J connectivity index is 1.82. The number of benzene rings is 2. The molecular formula is C20H25N3O6S2. The van der Waals surface area contributed by atoms with E-state index >= 15 is 0 Å². The van der Waals surface area contributed by atoms with E-state index < -0.39 is 26.0 Å². The van der Waals surface area contributed by atoms with E-state index in [1.165, 1.54) is 56.6 Å². The van der Waals surface area contributed by atoms with Gasteiger partial charge in [-0.05, 0) is 62.4 Å². The molecule has 0 bridgehead atoms. The van der Waals surface area contributed by atoms with Crippen LogP contribution in [-0.4, -0.2) is 42.9 Å². The van der Waals surface area contributed by atoms with Gasteiger partial charge in [-0.3, -0.25) is 4.79 Å². The first-order valence-corrected chi connectivity index (χ1v) is 12.7. The van der Waals surface area contributed by atoms with E-state index in [1.54, 1.807) is 0 Å². The largest absolute Gasteiger partial charge is 0.495 e. The second-order valence-electron chi connectivity index (χ2n) is 7.15. The third-order valence-corrected chi connectivity index (χ3v) is 8.06. The molecule has 0 saturated heterocycles. The summed E-state index contributed by atoms with van der Waals surface area (Å²) >= 11 is 0. The second kappa shape index (κ2) is 9.35. The molecule has 9 nitrogen and oxygen atoms in total. The van der Waals surface area contributed by atoms with Gasteiger partial charge in [-0.15, -0.1) is 0 Å². The molecule has 1 amide bonds. The highest BCUT2D eigenvalue weighted by Gasteiger charge is 2.26. The molecule has 1 saturated carbocycles. The van der Waals surface area contributed by atoms with Crippen LogP contribution in [0.2, 0.25) is 0 Å². The van der Waals surface area contributed by atoms with Crippen molar-refractivity contribution in [3.05, 3.63) is 48.0 Å². The van der Waals surface area contributed by atoms with E-state index in [0.717, 1.165) is 25.7 Å². The van der Waals surface area contributed by atoms with Crippen LogP contribution in [0.25, 0.3) is 0 Å². The van der Waals surface area contributed by atoms with E-state index in [0.29, 0.717) is 5.69 Å². The Hall–Kier alpha value is -2.47. The molecule has 11 heteroatoms. The number of hydrogen-bond acceptors (Lipinski definition) is 6. The summed E-state index contributed by atoms with van der Waals surface area (Å²) < 4.78 is 59.4. The third-order valence-electron chi connectivity index (χ3n) is 5.08. The van der Waals surface area contributed by atoms with E-state index in [1.807, 2.05) is 0 Å². The van der Waals surface area contributed by atoms with Gasteiger partial charge in [0, 0.05) is 17.3 Å². The van der Waals surface area contributed by atoms with Crippen LogP contribution in [0.15, 0.2) is 52.3 Å². The Labute approximate surface area is 182 Å². The first kappa shape index (κ1) is 23.2. The van der Waals surface area contributed by atoms with Crippen molar-refractivity contribution in [1.29, 1.82) is 0 Å². The van der Waals surface area contributed by atoms with Gasteiger partial charge in [0.05, 0.1) is 12.0 Å². The molecule has 0 spiro atoms. The van der Waals surface area contributed by atoms with Crippen LogP contribution < -0.4 is 19.5 Å². The predicted octanol–water partition coefficient (Wildman–Crippen LogP) is 2.08. The zero-order valence-electron chi connectivity index (χ0n) is 17.2. The number of carbonyl (C=O) groups excluding carboxylic acids is 1. The minimum absolute atomic E-state index is 0.0591. The normalized spacial score (nSPS) is 15.0. The molecule has 31 heavy (non-hydrogen) atoms. The lowest BCUT2D eigenvalue weighted by Crippen LogP contribution is -2.33. The number of ether oxygens (including phenoxy) is 1. The van der Waals surface area contributed by atoms with Crippen LogP contribution in [0, 0.1) is 0 Å². The SMILES string of the molecule is CNS(=O)(=O)c1ccc(NC(=O)c2ccc(OC)c(S(=O)(=O)NC3CCCC3)c2)cc1. The fourth-order valence-electron chi connectivity index (χ4n) is 3.39. The van der Waals surface area contributed by atoms with Gasteiger partial charge in [-0.2, -0.15) is 0 Å². The van der Waals surface area contributed by atoms with Crippen molar-refractivity contribution < 1.29 is 26.4 Å². The molecule has 3 N–H and O–H groups in total. The molecule has 168 valence electrons. The number of anilines is 1. The monoisotopic (exact) mass is 467 g/mol. The number of carbonyl (C=O) groups is 1. The Morgan fingerprint density at radius 3 is 2.19 bits per heavy atom. The molecule has 0 heterocycles. The summed E-state index contributed by atoms with van der Waals surface area (Å²) in [5.74, 6) is -0.395. The topological polar surface area (TPSA) is 131 Å².